The van der Waals surface area contributed by atoms with E-state index in [4.69, 9.17) is 4.42 Å². The largest absolute Gasteiger partial charge is 0.464 e. The summed E-state index contributed by atoms with van der Waals surface area (Å²) in [5.41, 5.74) is 3.18. The Morgan fingerprint density at radius 3 is 2.55 bits per heavy atom. The number of hydrogen-bond donors (Lipinski definition) is 1. The van der Waals surface area contributed by atoms with Crippen molar-refractivity contribution in [1.82, 2.24) is 0 Å². The lowest BCUT2D eigenvalue weighted by Gasteiger charge is -2.18. The SMILES string of the molecule is CN(C)c1ccc(NC(=O)Cc2coc3cc4c(cc23)CCC4)c(C(F)(F)F)c1. The van der Waals surface area contributed by atoms with Crippen LogP contribution in [-0.2, 0) is 30.2 Å². The number of anilines is 2. The summed E-state index contributed by atoms with van der Waals surface area (Å²) >= 11 is 0. The van der Waals surface area contributed by atoms with E-state index in [0.717, 1.165) is 30.7 Å². The number of fused-ring (bicyclic) bond motifs is 2. The Morgan fingerprint density at radius 1 is 1.14 bits per heavy atom. The zero-order valence-corrected chi connectivity index (χ0v) is 16.2. The van der Waals surface area contributed by atoms with Crippen LogP contribution in [0, 0.1) is 0 Å². The highest BCUT2D eigenvalue weighted by atomic mass is 19.4. The lowest BCUT2D eigenvalue weighted by molar-refractivity contribution is -0.136. The Labute approximate surface area is 166 Å². The average Bonchev–Trinajstić information content (AvgIpc) is 3.25. The molecule has 3 aromatic rings. The molecule has 0 fully saturated rings. The number of alkyl halides is 3. The van der Waals surface area contributed by atoms with Gasteiger partial charge in [-0.25, -0.2) is 0 Å². The average molecular weight is 402 g/mol. The molecule has 0 spiro atoms. The molecule has 1 heterocycles. The van der Waals surface area contributed by atoms with Gasteiger partial charge >= 0.3 is 6.18 Å². The number of benzene rings is 2. The van der Waals surface area contributed by atoms with Gasteiger partial charge in [0.1, 0.15) is 5.58 Å². The van der Waals surface area contributed by atoms with E-state index in [2.05, 4.69) is 5.32 Å². The zero-order valence-electron chi connectivity index (χ0n) is 16.2. The fourth-order valence-electron chi connectivity index (χ4n) is 3.81. The van der Waals surface area contributed by atoms with Crippen LogP contribution in [0.3, 0.4) is 0 Å². The maximum atomic E-state index is 13.5. The van der Waals surface area contributed by atoms with E-state index in [1.54, 1.807) is 25.1 Å². The van der Waals surface area contributed by atoms with Crippen molar-refractivity contribution >= 4 is 28.3 Å². The smallest absolute Gasteiger partial charge is 0.418 e. The lowest BCUT2D eigenvalue weighted by atomic mass is 10.0. The Balaban J connectivity index is 1.58. The van der Waals surface area contributed by atoms with Gasteiger partial charge in [-0.3, -0.25) is 4.79 Å². The van der Waals surface area contributed by atoms with Gasteiger partial charge in [-0.05, 0) is 60.7 Å². The minimum Gasteiger partial charge on any atom is -0.464 e. The Hall–Kier alpha value is -2.96. The van der Waals surface area contributed by atoms with Gasteiger partial charge in [-0.1, -0.05) is 0 Å². The molecule has 0 saturated carbocycles. The molecule has 7 heteroatoms. The number of carbonyl (C=O) groups excluding carboxylic acids is 1. The van der Waals surface area contributed by atoms with Crippen LogP contribution in [0.2, 0.25) is 0 Å². The van der Waals surface area contributed by atoms with E-state index in [-0.39, 0.29) is 12.1 Å². The third kappa shape index (κ3) is 3.81. The monoisotopic (exact) mass is 402 g/mol. The number of nitrogens with one attached hydrogen (secondary N) is 1. The second-order valence-electron chi connectivity index (χ2n) is 7.58. The summed E-state index contributed by atoms with van der Waals surface area (Å²) in [5, 5.41) is 3.27. The van der Waals surface area contributed by atoms with Crippen LogP contribution in [0.1, 0.15) is 28.7 Å². The Morgan fingerprint density at radius 2 is 1.86 bits per heavy atom. The highest BCUT2D eigenvalue weighted by Gasteiger charge is 2.34. The normalized spacial score (nSPS) is 13.6. The first-order valence-corrected chi connectivity index (χ1v) is 9.42. The van der Waals surface area contributed by atoms with Gasteiger partial charge in [0, 0.05) is 30.7 Å². The number of hydrogen-bond acceptors (Lipinski definition) is 3. The molecule has 1 aliphatic carbocycles. The fraction of sp³-hybridized carbons (Fsp3) is 0.318. The number of halogens is 3. The highest BCUT2D eigenvalue weighted by molar-refractivity contribution is 5.96. The molecule has 0 saturated heterocycles. The molecule has 4 rings (SSSR count). The van der Waals surface area contributed by atoms with E-state index in [1.807, 2.05) is 12.1 Å². The number of carbonyl (C=O) groups is 1. The summed E-state index contributed by atoms with van der Waals surface area (Å²) < 4.78 is 46.0. The quantitative estimate of drug-likeness (QED) is 0.654. The number of aryl methyl sites for hydroxylation is 2. The molecule has 1 N–H and O–H groups in total. The molecular weight excluding hydrogens is 381 g/mol. The number of rotatable bonds is 4. The van der Waals surface area contributed by atoms with Crippen LogP contribution >= 0.6 is 0 Å². The molecule has 1 amide bonds. The number of furan rings is 1. The van der Waals surface area contributed by atoms with Gasteiger partial charge in [-0.2, -0.15) is 13.2 Å². The fourth-order valence-corrected chi connectivity index (χ4v) is 3.81. The number of nitrogens with zero attached hydrogens (tertiary/aromatic N) is 1. The van der Waals surface area contributed by atoms with Crippen LogP contribution in [0.4, 0.5) is 24.5 Å². The Bertz CT molecular complexity index is 1080. The molecule has 1 aromatic heterocycles. The van der Waals surface area contributed by atoms with Crippen LogP contribution in [0.15, 0.2) is 41.0 Å². The van der Waals surface area contributed by atoms with Gasteiger partial charge in [-0.15, -0.1) is 0 Å². The number of amides is 1. The predicted molar refractivity (Wildman–Crippen MR) is 106 cm³/mol. The third-order valence-electron chi connectivity index (χ3n) is 5.32. The Kier molecular flexibility index (Phi) is 4.76. The minimum atomic E-state index is -4.57. The minimum absolute atomic E-state index is 0.0570. The van der Waals surface area contributed by atoms with Crippen LogP contribution in [0.25, 0.3) is 11.0 Å². The summed E-state index contributed by atoms with van der Waals surface area (Å²) in [4.78, 5) is 14.1. The van der Waals surface area contributed by atoms with Crippen LogP contribution in [-0.4, -0.2) is 20.0 Å². The van der Waals surface area contributed by atoms with Crippen LogP contribution < -0.4 is 10.2 Å². The second kappa shape index (κ2) is 7.13. The molecule has 0 bridgehead atoms. The molecule has 29 heavy (non-hydrogen) atoms. The maximum Gasteiger partial charge on any atom is 0.418 e. The molecule has 0 radical (unpaired) electrons. The lowest BCUT2D eigenvalue weighted by Crippen LogP contribution is -2.19. The van der Waals surface area contributed by atoms with Gasteiger partial charge in [0.2, 0.25) is 5.91 Å². The summed E-state index contributed by atoms with van der Waals surface area (Å²) in [5.74, 6) is -0.517. The molecule has 152 valence electrons. The molecule has 2 aromatic carbocycles. The van der Waals surface area contributed by atoms with Gasteiger partial charge in [0.25, 0.3) is 0 Å². The molecule has 1 aliphatic rings. The van der Waals surface area contributed by atoms with Crippen LogP contribution in [0.5, 0.6) is 0 Å². The predicted octanol–water partition coefficient (Wildman–Crippen LogP) is 5.19. The third-order valence-corrected chi connectivity index (χ3v) is 5.32. The second-order valence-corrected chi connectivity index (χ2v) is 7.58. The van der Waals surface area contributed by atoms with Crippen molar-refractivity contribution in [3.63, 3.8) is 0 Å². The van der Waals surface area contributed by atoms with Gasteiger partial charge in [0.05, 0.1) is 23.9 Å². The molecule has 0 aliphatic heterocycles. The van der Waals surface area contributed by atoms with E-state index in [9.17, 15) is 18.0 Å². The van der Waals surface area contributed by atoms with Crippen molar-refractivity contribution in [1.29, 1.82) is 0 Å². The molecule has 4 nitrogen and oxygen atoms in total. The standard InChI is InChI=1S/C22H21F3N2O2/c1-27(2)16-6-7-19(18(11-16)22(23,24)25)26-21(28)10-15-12-29-20-9-14-5-3-4-13(14)8-17(15)20/h6-9,11-12H,3-5,10H2,1-2H3,(H,26,28). The van der Waals surface area contributed by atoms with E-state index in [1.165, 1.54) is 23.5 Å². The first kappa shape index (κ1) is 19.4. The van der Waals surface area contributed by atoms with Crippen molar-refractivity contribution in [2.45, 2.75) is 31.9 Å². The first-order chi connectivity index (χ1) is 13.7. The van der Waals surface area contributed by atoms with Crippen molar-refractivity contribution in [3.8, 4) is 0 Å². The van der Waals surface area contributed by atoms with Crippen molar-refractivity contribution in [2.75, 3.05) is 24.3 Å². The summed E-state index contributed by atoms with van der Waals surface area (Å²) in [6, 6.07) is 7.90. The summed E-state index contributed by atoms with van der Waals surface area (Å²) in [7, 11) is 3.32. The van der Waals surface area contributed by atoms with E-state index >= 15 is 0 Å². The molecule has 0 unspecified atom stereocenters. The van der Waals surface area contributed by atoms with Gasteiger partial charge in [0.15, 0.2) is 0 Å². The van der Waals surface area contributed by atoms with E-state index in [0.29, 0.717) is 16.8 Å². The van der Waals surface area contributed by atoms with Crippen molar-refractivity contribution in [3.05, 3.63) is 58.8 Å². The van der Waals surface area contributed by atoms with Crippen molar-refractivity contribution in [2.24, 2.45) is 0 Å². The molecular formula is C22H21F3N2O2. The van der Waals surface area contributed by atoms with Crippen molar-refractivity contribution < 1.29 is 22.4 Å². The maximum absolute atomic E-state index is 13.5. The summed E-state index contributed by atoms with van der Waals surface area (Å²) in [6.45, 7) is 0. The zero-order chi connectivity index (χ0) is 20.8. The van der Waals surface area contributed by atoms with Gasteiger partial charge < -0.3 is 14.6 Å². The highest BCUT2D eigenvalue weighted by Crippen LogP contribution is 2.37. The van der Waals surface area contributed by atoms with E-state index < -0.39 is 17.6 Å². The topological polar surface area (TPSA) is 45.5 Å². The molecule has 0 atom stereocenters. The first-order valence-electron chi connectivity index (χ1n) is 9.42. The summed E-state index contributed by atoms with van der Waals surface area (Å²) in [6.07, 6.45) is -0.00357.